The second-order valence-corrected chi connectivity index (χ2v) is 8.08. The average Bonchev–Trinajstić information content (AvgIpc) is 3.40. The minimum absolute atomic E-state index is 0.101. The molecule has 1 amide bonds. The standard InChI is InChI=1S/C26H26N6O/c33-26(29-11-4-15-32-16-14-28-18-32)21-7-8-22-23(17-21)31-24(19-5-2-1-3-6-19)25(30-22)20-9-12-27-13-10-20/h1-3,5-9,14,16-18,27H,4,10-13,15H2,(H,29,33). The van der Waals surface area contributed by atoms with Gasteiger partial charge >= 0.3 is 0 Å². The van der Waals surface area contributed by atoms with Gasteiger partial charge < -0.3 is 15.2 Å². The van der Waals surface area contributed by atoms with Crippen molar-refractivity contribution in [3.05, 3.63) is 84.6 Å². The predicted molar refractivity (Wildman–Crippen MR) is 130 cm³/mol. The van der Waals surface area contributed by atoms with Crippen LogP contribution in [-0.4, -0.2) is 45.1 Å². The van der Waals surface area contributed by atoms with Crippen LogP contribution in [0.4, 0.5) is 0 Å². The van der Waals surface area contributed by atoms with E-state index in [4.69, 9.17) is 9.97 Å². The molecule has 7 heteroatoms. The molecule has 0 radical (unpaired) electrons. The molecule has 166 valence electrons. The minimum atomic E-state index is -0.101. The maximum atomic E-state index is 12.7. The third-order valence-electron chi connectivity index (χ3n) is 5.78. The van der Waals surface area contributed by atoms with Crippen LogP contribution >= 0.6 is 0 Å². The van der Waals surface area contributed by atoms with Gasteiger partial charge in [-0.25, -0.2) is 15.0 Å². The molecule has 3 heterocycles. The fraction of sp³-hybridized carbons (Fsp3) is 0.231. The summed E-state index contributed by atoms with van der Waals surface area (Å²) in [5.41, 5.74) is 6.12. The van der Waals surface area contributed by atoms with Crippen molar-refractivity contribution in [3.63, 3.8) is 0 Å². The molecular weight excluding hydrogens is 412 g/mol. The molecule has 5 rings (SSSR count). The Morgan fingerprint density at radius 1 is 1.06 bits per heavy atom. The maximum absolute atomic E-state index is 12.7. The summed E-state index contributed by atoms with van der Waals surface area (Å²) in [5.74, 6) is -0.101. The second kappa shape index (κ2) is 9.75. The molecule has 2 N–H and O–H groups in total. The first-order chi connectivity index (χ1) is 16.3. The third-order valence-corrected chi connectivity index (χ3v) is 5.78. The quantitative estimate of drug-likeness (QED) is 0.430. The van der Waals surface area contributed by atoms with Gasteiger partial charge in [-0.2, -0.15) is 0 Å². The van der Waals surface area contributed by atoms with Gasteiger partial charge in [0, 0.05) is 43.2 Å². The van der Waals surface area contributed by atoms with E-state index >= 15 is 0 Å². The van der Waals surface area contributed by atoms with Crippen LogP contribution in [0.1, 0.15) is 28.9 Å². The summed E-state index contributed by atoms with van der Waals surface area (Å²) in [6, 6.07) is 15.7. The zero-order valence-electron chi connectivity index (χ0n) is 18.4. The van der Waals surface area contributed by atoms with Gasteiger partial charge in [-0.3, -0.25) is 4.79 Å². The van der Waals surface area contributed by atoms with E-state index < -0.39 is 0 Å². The Morgan fingerprint density at radius 2 is 1.94 bits per heavy atom. The van der Waals surface area contributed by atoms with Gasteiger partial charge in [0.05, 0.1) is 28.7 Å². The lowest BCUT2D eigenvalue weighted by atomic mass is 9.99. The van der Waals surface area contributed by atoms with Crippen molar-refractivity contribution in [2.24, 2.45) is 0 Å². The topological polar surface area (TPSA) is 84.7 Å². The number of fused-ring (bicyclic) bond motifs is 1. The van der Waals surface area contributed by atoms with Crippen LogP contribution in [0.2, 0.25) is 0 Å². The largest absolute Gasteiger partial charge is 0.352 e. The Hall–Kier alpha value is -3.84. The number of nitrogens with zero attached hydrogens (tertiary/aromatic N) is 4. The minimum Gasteiger partial charge on any atom is -0.352 e. The number of rotatable bonds is 7. The molecular formula is C26H26N6O. The number of aryl methyl sites for hydroxylation is 1. The van der Waals surface area contributed by atoms with Crippen LogP contribution in [0, 0.1) is 0 Å². The SMILES string of the molecule is O=C(NCCCn1ccnc1)c1ccc2nc(C3=CCNCC3)c(-c3ccccc3)nc2c1. The van der Waals surface area contributed by atoms with Crippen molar-refractivity contribution in [1.29, 1.82) is 0 Å². The number of hydrogen-bond donors (Lipinski definition) is 2. The van der Waals surface area contributed by atoms with E-state index in [-0.39, 0.29) is 5.91 Å². The van der Waals surface area contributed by atoms with Crippen molar-refractivity contribution in [2.75, 3.05) is 19.6 Å². The van der Waals surface area contributed by atoms with Gasteiger partial charge in [-0.05, 0) is 43.2 Å². The Morgan fingerprint density at radius 3 is 2.73 bits per heavy atom. The number of benzene rings is 2. The van der Waals surface area contributed by atoms with Crippen LogP contribution in [0.25, 0.3) is 27.9 Å². The normalized spacial score (nSPS) is 13.6. The lowest BCUT2D eigenvalue weighted by Crippen LogP contribution is -2.25. The molecule has 1 aliphatic rings. The van der Waals surface area contributed by atoms with Crippen LogP contribution in [0.5, 0.6) is 0 Å². The molecule has 2 aromatic heterocycles. The van der Waals surface area contributed by atoms with Crippen LogP contribution in [0.3, 0.4) is 0 Å². The molecule has 0 fully saturated rings. The van der Waals surface area contributed by atoms with Gasteiger partial charge in [0.2, 0.25) is 0 Å². The van der Waals surface area contributed by atoms with E-state index in [1.165, 1.54) is 5.57 Å². The van der Waals surface area contributed by atoms with Crippen LogP contribution in [-0.2, 0) is 6.54 Å². The number of nitrogens with one attached hydrogen (secondary N) is 2. The van der Waals surface area contributed by atoms with E-state index in [1.54, 1.807) is 12.5 Å². The zero-order valence-corrected chi connectivity index (χ0v) is 18.4. The second-order valence-electron chi connectivity index (χ2n) is 8.08. The lowest BCUT2D eigenvalue weighted by molar-refractivity contribution is 0.0953. The van der Waals surface area contributed by atoms with E-state index in [9.17, 15) is 4.79 Å². The summed E-state index contributed by atoms with van der Waals surface area (Å²) in [7, 11) is 0. The summed E-state index contributed by atoms with van der Waals surface area (Å²) in [6.45, 7) is 3.18. The fourth-order valence-electron chi connectivity index (χ4n) is 4.04. The summed E-state index contributed by atoms with van der Waals surface area (Å²) < 4.78 is 2.00. The molecule has 33 heavy (non-hydrogen) atoms. The number of hydrogen-bond acceptors (Lipinski definition) is 5. The molecule has 0 saturated carbocycles. The highest BCUT2D eigenvalue weighted by atomic mass is 16.1. The molecule has 0 unspecified atom stereocenters. The van der Waals surface area contributed by atoms with Crippen LogP contribution in [0.15, 0.2) is 73.3 Å². The van der Waals surface area contributed by atoms with E-state index in [0.717, 1.165) is 60.5 Å². The number of aromatic nitrogens is 4. The maximum Gasteiger partial charge on any atom is 0.251 e. The average molecular weight is 439 g/mol. The molecule has 4 aromatic rings. The van der Waals surface area contributed by atoms with Crippen molar-refractivity contribution in [1.82, 2.24) is 30.2 Å². The van der Waals surface area contributed by atoms with Gasteiger partial charge in [-0.1, -0.05) is 36.4 Å². The van der Waals surface area contributed by atoms with Crippen LogP contribution < -0.4 is 10.6 Å². The molecule has 1 aliphatic heterocycles. The number of amides is 1. The Kier molecular flexibility index (Phi) is 6.21. The highest BCUT2D eigenvalue weighted by molar-refractivity contribution is 5.97. The zero-order chi connectivity index (χ0) is 22.5. The van der Waals surface area contributed by atoms with Crippen molar-refractivity contribution in [2.45, 2.75) is 19.4 Å². The van der Waals surface area contributed by atoms with E-state index in [1.807, 2.05) is 47.2 Å². The first kappa shape index (κ1) is 21.0. The summed E-state index contributed by atoms with van der Waals surface area (Å²) >= 11 is 0. The first-order valence-electron chi connectivity index (χ1n) is 11.3. The molecule has 7 nitrogen and oxygen atoms in total. The summed E-state index contributed by atoms with van der Waals surface area (Å²) in [6.07, 6.45) is 9.40. The van der Waals surface area contributed by atoms with Gasteiger partial charge in [0.25, 0.3) is 5.91 Å². The first-order valence-corrected chi connectivity index (χ1v) is 11.3. The number of carbonyl (C=O) groups excluding carboxylic acids is 1. The Bertz CT molecular complexity index is 1280. The molecule has 0 bridgehead atoms. The molecule has 0 spiro atoms. The van der Waals surface area contributed by atoms with E-state index in [2.05, 4.69) is 33.8 Å². The monoisotopic (exact) mass is 438 g/mol. The van der Waals surface area contributed by atoms with Gasteiger partial charge in [0.1, 0.15) is 0 Å². The summed E-state index contributed by atoms with van der Waals surface area (Å²) in [5, 5.41) is 6.35. The molecule has 0 saturated heterocycles. The highest BCUT2D eigenvalue weighted by Gasteiger charge is 2.17. The Labute approximate surface area is 192 Å². The Balaban J connectivity index is 1.41. The molecule has 0 aliphatic carbocycles. The van der Waals surface area contributed by atoms with Gasteiger partial charge in [0.15, 0.2) is 0 Å². The highest BCUT2D eigenvalue weighted by Crippen LogP contribution is 2.30. The van der Waals surface area contributed by atoms with Crippen molar-refractivity contribution in [3.8, 4) is 11.3 Å². The lowest BCUT2D eigenvalue weighted by Gasteiger charge is -2.17. The predicted octanol–water partition coefficient (Wildman–Crippen LogP) is 3.69. The smallest absolute Gasteiger partial charge is 0.251 e. The third kappa shape index (κ3) is 4.83. The number of carbonyl (C=O) groups is 1. The molecule has 0 atom stereocenters. The fourth-order valence-corrected chi connectivity index (χ4v) is 4.04. The number of imidazole rings is 1. The van der Waals surface area contributed by atoms with Crippen molar-refractivity contribution >= 4 is 22.5 Å². The van der Waals surface area contributed by atoms with Gasteiger partial charge in [-0.15, -0.1) is 0 Å². The van der Waals surface area contributed by atoms with E-state index in [0.29, 0.717) is 12.1 Å². The molecule has 2 aromatic carbocycles. The van der Waals surface area contributed by atoms with Crippen molar-refractivity contribution < 1.29 is 4.79 Å². The summed E-state index contributed by atoms with van der Waals surface area (Å²) in [4.78, 5) is 26.7.